The summed E-state index contributed by atoms with van der Waals surface area (Å²) in [5.74, 6) is 2.42. The maximum atomic E-state index is 12.3. The summed E-state index contributed by atoms with van der Waals surface area (Å²) in [6.07, 6.45) is 3.27. The van der Waals surface area contributed by atoms with Crippen LogP contribution in [-0.4, -0.2) is 33.2 Å². The largest absolute Gasteiger partial charge is 0.493 e. The number of fused-ring (bicyclic) bond motifs is 1. The molecule has 0 unspecified atom stereocenters. The van der Waals surface area contributed by atoms with Gasteiger partial charge >= 0.3 is 0 Å². The van der Waals surface area contributed by atoms with Crippen molar-refractivity contribution in [2.24, 2.45) is 0 Å². The van der Waals surface area contributed by atoms with Gasteiger partial charge in [-0.3, -0.25) is 4.79 Å². The molecule has 1 aliphatic rings. The van der Waals surface area contributed by atoms with Crippen LogP contribution in [0.3, 0.4) is 0 Å². The van der Waals surface area contributed by atoms with Crippen LogP contribution in [0.25, 0.3) is 6.08 Å². The lowest BCUT2D eigenvalue weighted by atomic mass is 10.1. The van der Waals surface area contributed by atoms with Gasteiger partial charge in [-0.25, -0.2) is 0 Å². The second-order valence-corrected chi connectivity index (χ2v) is 5.17. The molecule has 124 valence electrons. The number of carbonyl (C=O) groups excluding carboxylic acids is 1. The molecule has 0 saturated carbocycles. The van der Waals surface area contributed by atoms with Gasteiger partial charge in [-0.1, -0.05) is 12.1 Å². The Balaban J connectivity index is 1.78. The molecule has 0 amide bonds. The SMILES string of the molecule is COc1ccc(C(=O)/C=C/c2ccc3c(c2)OCCO3)cc1OC. The smallest absolute Gasteiger partial charge is 0.185 e. The first-order valence-corrected chi connectivity index (χ1v) is 7.55. The van der Waals surface area contributed by atoms with Gasteiger partial charge in [0, 0.05) is 5.56 Å². The molecule has 0 saturated heterocycles. The summed E-state index contributed by atoms with van der Waals surface area (Å²) in [7, 11) is 3.10. The highest BCUT2D eigenvalue weighted by Crippen LogP contribution is 2.31. The molecule has 1 aliphatic heterocycles. The zero-order valence-electron chi connectivity index (χ0n) is 13.6. The molecule has 0 aliphatic carbocycles. The molecule has 2 aromatic carbocycles. The van der Waals surface area contributed by atoms with E-state index in [0.29, 0.717) is 36.0 Å². The first kappa shape index (κ1) is 15.9. The zero-order valence-corrected chi connectivity index (χ0v) is 13.6. The first-order chi connectivity index (χ1) is 11.7. The second kappa shape index (κ2) is 7.08. The molecule has 1 heterocycles. The Morgan fingerprint density at radius 2 is 1.71 bits per heavy atom. The summed E-state index contributed by atoms with van der Waals surface area (Å²) in [5, 5.41) is 0. The molecule has 0 radical (unpaired) electrons. The van der Waals surface area contributed by atoms with Crippen LogP contribution >= 0.6 is 0 Å². The summed E-state index contributed by atoms with van der Waals surface area (Å²) >= 11 is 0. The van der Waals surface area contributed by atoms with Gasteiger partial charge in [0.05, 0.1) is 14.2 Å². The number of ether oxygens (including phenoxy) is 4. The molecular formula is C19H18O5. The van der Waals surface area contributed by atoms with Gasteiger partial charge in [-0.2, -0.15) is 0 Å². The summed E-state index contributed by atoms with van der Waals surface area (Å²) in [6.45, 7) is 1.09. The van der Waals surface area contributed by atoms with Gasteiger partial charge < -0.3 is 18.9 Å². The van der Waals surface area contributed by atoms with E-state index in [1.54, 1.807) is 31.4 Å². The molecule has 0 fully saturated rings. The van der Waals surface area contributed by atoms with E-state index < -0.39 is 0 Å². The van der Waals surface area contributed by atoms with E-state index in [1.165, 1.54) is 13.2 Å². The van der Waals surface area contributed by atoms with Crippen molar-refractivity contribution in [3.8, 4) is 23.0 Å². The Hall–Kier alpha value is -2.95. The average molecular weight is 326 g/mol. The van der Waals surface area contributed by atoms with E-state index >= 15 is 0 Å². The Morgan fingerprint density at radius 3 is 2.46 bits per heavy atom. The van der Waals surface area contributed by atoms with E-state index in [-0.39, 0.29) is 5.78 Å². The maximum Gasteiger partial charge on any atom is 0.185 e. The number of allylic oxidation sites excluding steroid dienone is 1. The lowest BCUT2D eigenvalue weighted by molar-refractivity contribution is 0.104. The van der Waals surface area contributed by atoms with E-state index in [1.807, 2.05) is 18.2 Å². The summed E-state index contributed by atoms with van der Waals surface area (Å²) in [6, 6.07) is 10.7. The molecular weight excluding hydrogens is 308 g/mol. The lowest BCUT2D eigenvalue weighted by Crippen LogP contribution is -2.15. The molecule has 3 rings (SSSR count). The third-order valence-corrected chi connectivity index (χ3v) is 3.66. The third-order valence-electron chi connectivity index (χ3n) is 3.66. The summed E-state index contributed by atoms with van der Waals surface area (Å²) in [4.78, 5) is 12.3. The fraction of sp³-hybridized carbons (Fsp3) is 0.211. The molecule has 0 bridgehead atoms. The minimum atomic E-state index is -0.120. The van der Waals surface area contributed by atoms with Crippen molar-refractivity contribution in [1.82, 2.24) is 0 Å². The highest BCUT2D eigenvalue weighted by Gasteiger charge is 2.11. The molecule has 5 heteroatoms. The van der Waals surface area contributed by atoms with Crippen LogP contribution in [0.2, 0.25) is 0 Å². The van der Waals surface area contributed by atoms with Gasteiger partial charge in [-0.05, 0) is 42.0 Å². The second-order valence-electron chi connectivity index (χ2n) is 5.17. The third kappa shape index (κ3) is 3.35. The minimum Gasteiger partial charge on any atom is -0.493 e. The Kier molecular flexibility index (Phi) is 4.70. The van der Waals surface area contributed by atoms with Gasteiger partial charge in [0.25, 0.3) is 0 Å². The van der Waals surface area contributed by atoms with Crippen molar-refractivity contribution in [3.05, 3.63) is 53.6 Å². The van der Waals surface area contributed by atoms with Crippen LogP contribution in [0.15, 0.2) is 42.5 Å². The van der Waals surface area contributed by atoms with Crippen molar-refractivity contribution in [2.75, 3.05) is 27.4 Å². The minimum absolute atomic E-state index is 0.120. The topological polar surface area (TPSA) is 54.0 Å². The fourth-order valence-corrected chi connectivity index (χ4v) is 2.42. The number of hydrogen-bond donors (Lipinski definition) is 0. The number of rotatable bonds is 5. The normalized spacial score (nSPS) is 12.9. The monoisotopic (exact) mass is 326 g/mol. The predicted octanol–water partition coefficient (Wildman–Crippen LogP) is 3.37. The summed E-state index contributed by atoms with van der Waals surface area (Å²) < 4.78 is 21.4. The number of carbonyl (C=O) groups is 1. The molecule has 2 aromatic rings. The molecule has 0 atom stereocenters. The van der Waals surface area contributed by atoms with Crippen molar-refractivity contribution in [1.29, 1.82) is 0 Å². The number of benzene rings is 2. The van der Waals surface area contributed by atoms with Crippen molar-refractivity contribution in [2.45, 2.75) is 0 Å². The van der Waals surface area contributed by atoms with Gasteiger partial charge in [-0.15, -0.1) is 0 Å². The first-order valence-electron chi connectivity index (χ1n) is 7.55. The van der Waals surface area contributed by atoms with Gasteiger partial charge in [0.2, 0.25) is 0 Å². The molecule has 0 N–H and O–H groups in total. The standard InChI is InChI=1S/C19H18O5/c1-21-16-8-5-14(12-18(16)22-2)15(20)6-3-13-4-7-17-19(11-13)24-10-9-23-17/h3-8,11-12H,9-10H2,1-2H3/b6-3+. The summed E-state index contributed by atoms with van der Waals surface area (Å²) in [5.41, 5.74) is 1.40. The van der Waals surface area contributed by atoms with E-state index in [9.17, 15) is 4.79 Å². The highest BCUT2D eigenvalue weighted by atomic mass is 16.6. The molecule has 0 spiro atoms. The van der Waals surface area contributed by atoms with Crippen LogP contribution in [0.1, 0.15) is 15.9 Å². The van der Waals surface area contributed by atoms with Crippen LogP contribution in [-0.2, 0) is 0 Å². The fourth-order valence-electron chi connectivity index (χ4n) is 2.42. The van der Waals surface area contributed by atoms with E-state index in [2.05, 4.69) is 0 Å². The van der Waals surface area contributed by atoms with E-state index in [0.717, 1.165) is 11.3 Å². The van der Waals surface area contributed by atoms with Gasteiger partial charge in [0.1, 0.15) is 13.2 Å². The van der Waals surface area contributed by atoms with Crippen molar-refractivity contribution < 1.29 is 23.7 Å². The zero-order chi connectivity index (χ0) is 16.9. The van der Waals surface area contributed by atoms with Crippen LogP contribution in [0.4, 0.5) is 0 Å². The van der Waals surface area contributed by atoms with Crippen molar-refractivity contribution in [3.63, 3.8) is 0 Å². The average Bonchev–Trinajstić information content (AvgIpc) is 2.65. The quantitative estimate of drug-likeness (QED) is 0.623. The van der Waals surface area contributed by atoms with E-state index in [4.69, 9.17) is 18.9 Å². The Bertz CT molecular complexity index is 779. The van der Waals surface area contributed by atoms with Crippen molar-refractivity contribution >= 4 is 11.9 Å². The number of ketones is 1. The van der Waals surface area contributed by atoms with Crippen LogP contribution < -0.4 is 18.9 Å². The maximum absolute atomic E-state index is 12.3. The number of hydrogen-bond acceptors (Lipinski definition) is 5. The molecule has 0 aromatic heterocycles. The Labute approximate surface area is 140 Å². The number of methoxy groups -OCH3 is 2. The van der Waals surface area contributed by atoms with Crippen LogP contribution in [0, 0.1) is 0 Å². The van der Waals surface area contributed by atoms with Crippen LogP contribution in [0.5, 0.6) is 23.0 Å². The van der Waals surface area contributed by atoms with Gasteiger partial charge in [0.15, 0.2) is 28.8 Å². The Morgan fingerprint density at radius 1 is 0.958 bits per heavy atom. The molecule has 5 nitrogen and oxygen atoms in total. The lowest BCUT2D eigenvalue weighted by Gasteiger charge is -2.18. The predicted molar refractivity (Wildman–Crippen MR) is 90.3 cm³/mol. The molecule has 24 heavy (non-hydrogen) atoms. The highest BCUT2D eigenvalue weighted by molar-refractivity contribution is 6.07.